The second-order valence-corrected chi connectivity index (χ2v) is 7.30. The van der Waals surface area contributed by atoms with Crippen LogP contribution in [0.1, 0.15) is 18.5 Å². The topological polar surface area (TPSA) is 85.2 Å². The predicted octanol–water partition coefficient (Wildman–Crippen LogP) is 3.31. The number of anilines is 1. The third-order valence-electron chi connectivity index (χ3n) is 5.22. The third-order valence-corrected chi connectivity index (χ3v) is 5.22. The number of alkyl halides is 6. The largest absolute Gasteiger partial charge is 0.434 e. The summed E-state index contributed by atoms with van der Waals surface area (Å²) in [6.07, 6.45) is -3.79. The van der Waals surface area contributed by atoms with Gasteiger partial charge in [-0.1, -0.05) is 0 Å². The highest BCUT2D eigenvalue weighted by atomic mass is 19.4. The molecule has 0 spiro atoms. The number of rotatable bonds is 3. The molecule has 0 amide bonds. The van der Waals surface area contributed by atoms with E-state index in [1.165, 1.54) is 22.9 Å². The molecule has 2 atom stereocenters. The predicted molar refractivity (Wildman–Crippen MR) is 98.0 cm³/mol. The Morgan fingerprint density at radius 2 is 1.84 bits per heavy atom. The Morgan fingerprint density at radius 1 is 1.06 bits per heavy atom. The van der Waals surface area contributed by atoms with E-state index in [4.69, 9.17) is 5.73 Å². The van der Waals surface area contributed by atoms with E-state index in [1.807, 2.05) is 0 Å². The van der Waals surface area contributed by atoms with E-state index in [9.17, 15) is 26.3 Å². The van der Waals surface area contributed by atoms with Gasteiger partial charge in [0.15, 0.2) is 17.2 Å². The zero-order valence-electron chi connectivity index (χ0n) is 15.9. The molecule has 0 radical (unpaired) electrons. The fourth-order valence-electron chi connectivity index (χ4n) is 3.63. The molecule has 1 aliphatic rings. The van der Waals surface area contributed by atoms with E-state index in [-0.39, 0.29) is 23.7 Å². The van der Waals surface area contributed by atoms with Gasteiger partial charge in [-0.25, -0.2) is 19.9 Å². The quantitative estimate of drug-likeness (QED) is 0.623. The second-order valence-electron chi connectivity index (χ2n) is 7.30. The number of fused-ring (bicyclic) bond motifs is 1. The van der Waals surface area contributed by atoms with Crippen molar-refractivity contribution in [3.8, 4) is 11.5 Å². The van der Waals surface area contributed by atoms with Gasteiger partial charge in [0.2, 0.25) is 0 Å². The maximum atomic E-state index is 13.0. The zero-order valence-corrected chi connectivity index (χ0v) is 15.9. The molecule has 2 unspecified atom stereocenters. The van der Waals surface area contributed by atoms with Gasteiger partial charge in [0.1, 0.15) is 17.6 Å². The monoisotopic (exact) mass is 445 g/mol. The van der Waals surface area contributed by atoms with Gasteiger partial charge in [-0.15, -0.1) is 0 Å². The van der Waals surface area contributed by atoms with Crippen LogP contribution in [0.3, 0.4) is 0 Å². The van der Waals surface area contributed by atoms with E-state index in [0.717, 1.165) is 12.4 Å². The lowest BCUT2D eigenvalue weighted by Gasteiger charge is -2.36. The van der Waals surface area contributed by atoms with Gasteiger partial charge < -0.3 is 10.6 Å². The summed E-state index contributed by atoms with van der Waals surface area (Å²) in [5.74, 6) is -0.334. The number of imidazole rings is 1. The van der Waals surface area contributed by atoms with Crippen molar-refractivity contribution in [1.82, 2.24) is 24.3 Å². The van der Waals surface area contributed by atoms with Gasteiger partial charge in [-0.2, -0.15) is 26.3 Å². The number of hydrogen-bond acceptors (Lipinski definition) is 6. The Labute approximate surface area is 171 Å². The Balaban J connectivity index is 1.65. The minimum absolute atomic E-state index is 0.0619. The molecular formula is C18H17F6N7. The number of nitrogens with two attached hydrogens (primary N) is 1. The first kappa shape index (κ1) is 21.3. The smallest absolute Gasteiger partial charge is 0.356 e. The number of nitrogens with zero attached hydrogens (tertiary/aromatic N) is 6. The van der Waals surface area contributed by atoms with Crippen molar-refractivity contribution in [3.05, 3.63) is 36.5 Å². The Kier molecular flexibility index (Phi) is 5.23. The van der Waals surface area contributed by atoms with Crippen molar-refractivity contribution in [2.24, 2.45) is 11.7 Å². The van der Waals surface area contributed by atoms with Crippen LogP contribution in [-0.2, 0) is 6.18 Å². The first-order valence-electron chi connectivity index (χ1n) is 9.35. The Bertz CT molecular complexity index is 1080. The van der Waals surface area contributed by atoms with Crippen LogP contribution in [0.25, 0.3) is 17.2 Å². The maximum absolute atomic E-state index is 13.0. The summed E-state index contributed by atoms with van der Waals surface area (Å²) < 4.78 is 79.3. The standard InChI is InChI=1S/C18H17F6N7/c19-17(20,21)12-9-31-11(6-28-14(31)7-27-12)16-26-4-3-13(29-16)30-5-1-2-10(8-30)15(25)18(22,23)24/h3-4,6-7,9-10,15H,1-2,5,8,25H2. The normalized spacial score (nSPS) is 19.1. The average molecular weight is 445 g/mol. The number of hydrogen-bond donors (Lipinski definition) is 1. The maximum Gasteiger partial charge on any atom is 0.434 e. The summed E-state index contributed by atoms with van der Waals surface area (Å²) in [7, 11) is 0. The lowest BCUT2D eigenvalue weighted by molar-refractivity contribution is -0.159. The molecule has 166 valence electrons. The van der Waals surface area contributed by atoms with Crippen LogP contribution in [0, 0.1) is 5.92 Å². The third kappa shape index (κ3) is 4.27. The summed E-state index contributed by atoms with van der Waals surface area (Å²) in [6, 6.07) is -0.402. The summed E-state index contributed by atoms with van der Waals surface area (Å²) >= 11 is 0. The first-order chi connectivity index (χ1) is 14.5. The molecular weight excluding hydrogens is 428 g/mol. The molecule has 0 saturated carbocycles. The SMILES string of the molecule is NC(C1CCCN(c2ccnc(-c3cnc4cnc(C(F)(F)F)cn34)n2)C1)C(F)(F)F. The molecule has 7 nitrogen and oxygen atoms in total. The van der Waals surface area contributed by atoms with E-state index in [1.54, 1.807) is 4.90 Å². The van der Waals surface area contributed by atoms with Gasteiger partial charge in [0.05, 0.1) is 12.4 Å². The van der Waals surface area contributed by atoms with E-state index >= 15 is 0 Å². The summed E-state index contributed by atoms with van der Waals surface area (Å²) in [5.41, 5.74) is 4.66. The Hall–Kier alpha value is -2.96. The molecule has 0 aromatic carbocycles. The highest BCUT2D eigenvalue weighted by Crippen LogP contribution is 2.32. The minimum Gasteiger partial charge on any atom is -0.356 e. The highest BCUT2D eigenvalue weighted by Gasteiger charge is 2.43. The van der Waals surface area contributed by atoms with E-state index in [2.05, 4.69) is 19.9 Å². The molecule has 3 aromatic rings. The summed E-state index contributed by atoms with van der Waals surface area (Å²) in [5, 5.41) is 0. The minimum atomic E-state index is -4.64. The molecule has 4 rings (SSSR count). The number of aromatic nitrogens is 5. The molecule has 13 heteroatoms. The fourth-order valence-corrected chi connectivity index (χ4v) is 3.63. The van der Waals surface area contributed by atoms with Gasteiger partial charge in [0, 0.05) is 31.4 Å². The highest BCUT2D eigenvalue weighted by molar-refractivity contribution is 5.58. The van der Waals surface area contributed by atoms with Crippen LogP contribution < -0.4 is 10.6 Å². The first-order valence-corrected chi connectivity index (χ1v) is 9.35. The molecule has 3 aromatic heterocycles. The molecule has 0 bridgehead atoms. The van der Waals surface area contributed by atoms with E-state index < -0.39 is 30.0 Å². The van der Waals surface area contributed by atoms with Crippen molar-refractivity contribution < 1.29 is 26.3 Å². The van der Waals surface area contributed by atoms with Crippen LogP contribution >= 0.6 is 0 Å². The van der Waals surface area contributed by atoms with Crippen LogP contribution in [-0.4, -0.2) is 49.6 Å². The molecule has 31 heavy (non-hydrogen) atoms. The molecule has 0 aliphatic carbocycles. The lowest BCUT2D eigenvalue weighted by atomic mass is 9.91. The van der Waals surface area contributed by atoms with Crippen LogP contribution in [0.15, 0.2) is 30.9 Å². The Morgan fingerprint density at radius 3 is 2.55 bits per heavy atom. The zero-order chi connectivity index (χ0) is 22.4. The lowest BCUT2D eigenvalue weighted by Crippen LogP contribution is -2.50. The van der Waals surface area contributed by atoms with Crippen molar-refractivity contribution >= 4 is 11.5 Å². The number of halogens is 6. The van der Waals surface area contributed by atoms with Crippen molar-refractivity contribution in [1.29, 1.82) is 0 Å². The average Bonchev–Trinajstić information content (AvgIpc) is 3.15. The number of piperidine rings is 1. The van der Waals surface area contributed by atoms with Gasteiger partial charge in [0.25, 0.3) is 0 Å². The van der Waals surface area contributed by atoms with Gasteiger partial charge >= 0.3 is 12.4 Å². The van der Waals surface area contributed by atoms with Crippen molar-refractivity contribution in [2.75, 3.05) is 18.0 Å². The molecule has 1 saturated heterocycles. The van der Waals surface area contributed by atoms with Crippen molar-refractivity contribution in [3.63, 3.8) is 0 Å². The molecule has 1 fully saturated rings. The summed E-state index contributed by atoms with van der Waals surface area (Å²) in [6.45, 7) is 0.541. The van der Waals surface area contributed by atoms with Crippen LogP contribution in [0.5, 0.6) is 0 Å². The fraction of sp³-hybridized carbons (Fsp3) is 0.444. The van der Waals surface area contributed by atoms with Gasteiger partial charge in [-0.3, -0.25) is 4.40 Å². The van der Waals surface area contributed by atoms with Gasteiger partial charge in [-0.05, 0) is 18.9 Å². The molecule has 4 heterocycles. The van der Waals surface area contributed by atoms with E-state index in [0.29, 0.717) is 25.2 Å². The molecule has 2 N–H and O–H groups in total. The van der Waals surface area contributed by atoms with Crippen molar-refractivity contribution in [2.45, 2.75) is 31.2 Å². The second kappa shape index (κ2) is 7.62. The van der Waals surface area contributed by atoms with Crippen LogP contribution in [0.2, 0.25) is 0 Å². The summed E-state index contributed by atoms with van der Waals surface area (Å²) in [4.78, 5) is 17.5. The molecule has 1 aliphatic heterocycles. The van der Waals surface area contributed by atoms with Crippen LogP contribution in [0.4, 0.5) is 32.2 Å².